The first-order valence-corrected chi connectivity index (χ1v) is 11.2. The number of para-hydroxylation sites is 1. The minimum absolute atomic E-state index is 0.113. The van der Waals surface area contributed by atoms with Crippen molar-refractivity contribution < 1.29 is 23.5 Å². The fourth-order valence-electron chi connectivity index (χ4n) is 3.56. The van der Waals surface area contributed by atoms with Crippen molar-refractivity contribution in [1.82, 2.24) is 10.2 Å². The molecule has 0 aromatic heterocycles. The van der Waals surface area contributed by atoms with Crippen molar-refractivity contribution in [3.63, 3.8) is 0 Å². The van der Waals surface area contributed by atoms with E-state index in [0.29, 0.717) is 31.3 Å². The van der Waals surface area contributed by atoms with E-state index >= 15 is 0 Å². The van der Waals surface area contributed by atoms with E-state index < -0.39 is 11.7 Å². The molecule has 1 aliphatic heterocycles. The van der Waals surface area contributed by atoms with Crippen molar-refractivity contribution in [3.05, 3.63) is 58.4 Å². The molecule has 2 aromatic carbocycles. The van der Waals surface area contributed by atoms with E-state index in [0.717, 1.165) is 24.8 Å². The number of hydrogen-bond donors (Lipinski definition) is 1. The van der Waals surface area contributed by atoms with E-state index in [1.54, 1.807) is 0 Å². The normalized spacial score (nSPS) is 15.3. The van der Waals surface area contributed by atoms with Gasteiger partial charge < -0.3 is 19.7 Å². The molecule has 0 fully saturated rings. The van der Waals surface area contributed by atoms with Crippen molar-refractivity contribution in [2.45, 2.75) is 39.2 Å². The van der Waals surface area contributed by atoms with Gasteiger partial charge in [0.05, 0.1) is 32.7 Å². The number of nitrogens with one attached hydrogen (secondary N) is 1. The molecule has 1 N–H and O–H groups in total. The monoisotopic (exact) mass is 462 g/mol. The summed E-state index contributed by atoms with van der Waals surface area (Å²) >= 11 is 6.12. The number of rotatable bonds is 4. The van der Waals surface area contributed by atoms with Gasteiger partial charge in [-0.25, -0.2) is 4.39 Å². The quantitative estimate of drug-likeness (QED) is 0.742. The Hall–Kier alpha value is -2.80. The van der Waals surface area contributed by atoms with Crippen LogP contribution in [0.1, 0.15) is 37.3 Å². The van der Waals surface area contributed by atoms with Gasteiger partial charge in [-0.3, -0.25) is 9.59 Å². The van der Waals surface area contributed by atoms with Crippen LogP contribution in [0, 0.1) is 5.82 Å². The first kappa shape index (κ1) is 23.9. The minimum Gasteiger partial charge on any atom is -0.490 e. The van der Waals surface area contributed by atoms with E-state index in [1.165, 1.54) is 23.1 Å². The number of fused-ring (bicyclic) bond motifs is 1. The average Bonchev–Trinajstić information content (AvgIpc) is 2.77. The standard InChI is InChI=1S/C24H28ClFN2O4/c1-2-31-21-11-6-8-17-15-28(23(30)14-18-19(25)9-7-10-20(18)26)16-22(29)27-12-4-3-5-13-32-24(17)21/h6-11H,2-5,12-16H2,1H3,(H,27,29). The summed E-state index contributed by atoms with van der Waals surface area (Å²) in [6.07, 6.45) is 2.30. The molecule has 0 saturated carbocycles. The Morgan fingerprint density at radius 1 is 1.19 bits per heavy atom. The van der Waals surface area contributed by atoms with Gasteiger partial charge in [0, 0.05) is 22.7 Å². The lowest BCUT2D eigenvalue weighted by molar-refractivity contribution is -0.136. The predicted molar refractivity (Wildman–Crippen MR) is 120 cm³/mol. The highest BCUT2D eigenvalue weighted by atomic mass is 35.5. The molecule has 1 aliphatic rings. The molecule has 0 radical (unpaired) electrons. The molecule has 2 amide bonds. The zero-order chi connectivity index (χ0) is 22.9. The van der Waals surface area contributed by atoms with Crippen LogP contribution < -0.4 is 14.8 Å². The molecule has 3 rings (SSSR count). The molecule has 8 heteroatoms. The Morgan fingerprint density at radius 2 is 2.00 bits per heavy atom. The van der Waals surface area contributed by atoms with Crippen molar-refractivity contribution in [3.8, 4) is 11.5 Å². The first-order valence-electron chi connectivity index (χ1n) is 10.8. The number of hydrogen-bond acceptors (Lipinski definition) is 4. The van der Waals surface area contributed by atoms with Gasteiger partial charge in [-0.05, 0) is 44.4 Å². The molecular formula is C24H28ClFN2O4. The Balaban J connectivity index is 1.92. The second kappa shape index (κ2) is 11.7. The number of ether oxygens (including phenoxy) is 2. The summed E-state index contributed by atoms with van der Waals surface area (Å²) < 4.78 is 26.0. The van der Waals surface area contributed by atoms with Crippen LogP contribution in [-0.4, -0.2) is 43.0 Å². The van der Waals surface area contributed by atoms with Gasteiger partial charge in [-0.1, -0.05) is 29.8 Å². The lowest BCUT2D eigenvalue weighted by atomic mass is 10.1. The lowest BCUT2D eigenvalue weighted by Crippen LogP contribution is -2.41. The number of nitrogens with zero attached hydrogens (tertiary/aromatic N) is 1. The third kappa shape index (κ3) is 6.36. The molecule has 172 valence electrons. The van der Waals surface area contributed by atoms with Crippen LogP contribution in [0.5, 0.6) is 11.5 Å². The number of amides is 2. The second-order valence-electron chi connectivity index (χ2n) is 7.56. The molecule has 0 unspecified atom stereocenters. The summed E-state index contributed by atoms with van der Waals surface area (Å²) in [6.45, 7) is 3.35. The number of halogens is 2. The summed E-state index contributed by atoms with van der Waals surface area (Å²) in [7, 11) is 0. The van der Waals surface area contributed by atoms with E-state index in [9.17, 15) is 14.0 Å². The number of benzene rings is 2. The van der Waals surface area contributed by atoms with E-state index in [-0.39, 0.29) is 36.0 Å². The van der Waals surface area contributed by atoms with Crippen molar-refractivity contribution >= 4 is 23.4 Å². The van der Waals surface area contributed by atoms with Crippen LogP contribution in [0.3, 0.4) is 0 Å². The van der Waals surface area contributed by atoms with E-state index in [2.05, 4.69) is 5.32 Å². The summed E-state index contributed by atoms with van der Waals surface area (Å²) in [6, 6.07) is 9.77. The molecule has 0 atom stereocenters. The van der Waals surface area contributed by atoms with Gasteiger partial charge in [-0.2, -0.15) is 0 Å². The molecule has 0 bridgehead atoms. The third-order valence-electron chi connectivity index (χ3n) is 5.19. The number of carbonyl (C=O) groups is 2. The maximum absolute atomic E-state index is 14.3. The molecule has 0 aliphatic carbocycles. The van der Waals surface area contributed by atoms with Crippen molar-refractivity contribution in [2.24, 2.45) is 0 Å². The smallest absolute Gasteiger partial charge is 0.239 e. The Kier molecular flexibility index (Phi) is 8.73. The average molecular weight is 463 g/mol. The molecular weight excluding hydrogens is 435 g/mol. The SMILES string of the molecule is CCOc1cccc2c1OCCCCCNC(=O)CN(C(=O)Cc1c(F)cccc1Cl)C2. The molecule has 32 heavy (non-hydrogen) atoms. The zero-order valence-corrected chi connectivity index (χ0v) is 18.9. The van der Waals surface area contributed by atoms with Gasteiger partial charge in [0.15, 0.2) is 11.5 Å². The van der Waals surface area contributed by atoms with Crippen LogP contribution in [0.4, 0.5) is 4.39 Å². The van der Waals surface area contributed by atoms with Gasteiger partial charge in [0.2, 0.25) is 11.8 Å². The van der Waals surface area contributed by atoms with Crippen LogP contribution in [0.2, 0.25) is 5.02 Å². The van der Waals surface area contributed by atoms with Crippen molar-refractivity contribution in [1.29, 1.82) is 0 Å². The highest BCUT2D eigenvalue weighted by Gasteiger charge is 2.23. The van der Waals surface area contributed by atoms with Crippen molar-refractivity contribution in [2.75, 3.05) is 26.3 Å². The maximum Gasteiger partial charge on any atom is 0.239 e. The predicted octanol–water partition coefficient (Wildman–Crippen LogP) is 4.13. The topological polar surface area (TPSA) is 67.9 Å². The summed E-state index contributed by atoms with van der Waals surface area (Å²) in [5, 5.41) is 3.03. The maximum atomic E-state index is 14.3. The van der Waals surface area contributed by atoms with Crippen LogP contribution in [-0.2, 0) is 22.6 Å². The first-order chi connectivity index (χ1) is 15.5. The summed E-state index contributed by atoms with van der Waals surface area (Å²) in [4.78, 5) is 27.1. The fourth-order valence-corrected chi connectivity index (χ4v) is 3.79. The van der Waals surface area contributed by atoms with Crippen LogP contribution in [0.25, 0.3) is 0 Å². The minimum atomic E-state index is -0.552. The van der Waals surface area contributed by atoms with E-state index in [4.69, 9.17) is 21.1 Å². The molecule has 0 saturated heterocycles. The van der Waals surface area contributed by atoms with E-state index in [1.807, 2.05) is 25.1 Å². The zero-order valence-electron chi connectivity index (χ0n) is 18.2. The lowest BCUT2D eigenvalue weighted by Gasteiger charge is -2.24. The Bertz CT molecular complexity index is 933. The summed E-state index contributed by atoms with van der Waals surface area (Å²) in [5.41, 5.74) is 0.831. The largest absolute Gasteiger partial charge is 0.490 e. The van der Waals surface area contributed by atoms with Gasteiger partial charge in [0.25, 0.3) is 0 Å². The second-order valence-corrected chi connectivity index (χ2v) is 7.97. The molecule has 1 heterocycles. The Morgan fingerprint density at radius 3 is 2.78 bits per heavy atom. The number of carbonyl (C=O) groups excluding carboxylic acids is 2. The Labute approximate surface area is 192 Å². The highest BCUT2D eigenvalue weighted by Crippen LogP contribution is 2.33. The van der Waals surface area contributed by atoms with Crippen LogP contribution in [0.15, 0.2) is 36.4 Å². The molecule has 6 nitrogen and oxygen atoms in total. The van der Waals surface area contributed by atoms with Gasteiger partial charge in [-0.15, -0.1) is 0 Å². The van der Waals surface area contributed by atoms with Crippen LogP contribution >= 0.6 is 11.6 Å². The fraction of sp³-hybridized carbons (Fsp3) is 0.417. The third-order valence-corrected chi connectivity index (χ3v) is 5.54. The van der Waals surface area contributed by atoms with Gasteiger partial charge in [0.1, 0.15) is 5.82 Å². The highest BCUT2D eigenvalue weighted by molar-refractivity contribution is 6.31. The molecule has 0 spiro atoms. The summed E-state index contributed by atoms with van der Waals surface area (Å²) in [5.74, 6) is -0.0662. The van der Waals surface area contributed by atoms with Gasteiger partial charge >= 0.3 is 0 Å². The molecule has 2 aromatic rings.